The van der Waals surface area contributed by atoms with Crippen molar-refractivity contribution in [3.63, 3.8) is 0 Å². The molecule has 0 N–H and O–H groups in total. The van der Waals surface area contributed by atoms with E-state index in [9.17, 15) is 10.5 Å². The Morgan fingerprint density at radius 2 is 1.57 bits per heavy atom. The Hall–Kier alpha value is -1.88. The van der Waals surface area contributed by atoms with E-state index in [1.54, 1.807) is 0 Å². The minimum absolute atomic E-state index is 0.341. The Labute approximate surface area is 139 Å². The zero-order chi connectivity index (χ0) is 17.5. The molecule has 1 aromatic carbocycles. The van der Waals surface area contributed by atoms with Crippen molar-refractivity contribution < 1.29 is 4.84 Å². The number of hydroxylamine groups is 2. The maximum absolute atomic E-state index is 9.49. The molecule has 2 rings (SSSR count). The van der Waals surface area contributed by atoms with Gasteiger partial charge in [0, 0.05) is 6.42 Å². The van der Waals surface area contributed by atoms with Crippen LogP contribution in [0.2, 0.25) is 0 Å². The SMILES string of the molecule is CC(C)(C#N)CC(C#N)ON1C(C)(C)c2ccccc2C1(C)C. The quantitative estimate of drug-likeness (QED) is 0.834. The molecule has 0 aromatic heterocycles. The molecular formula is C19H25N3O. The van der Waals surface area contributed by atoms with Crippen LogP contribution >= 0.6 is 0 Å². The van der Waals surface area contributed by atoms with E-state index in [0.717, 1.165) is 0 Å². The first-order chi connectivity index (χ1) is 10.6. The zero-order valence-corrected chi connectivity index (χ0v) is 14.8. The lowest BCUT2D eigenvalue weighted by Gasteiger charge is -2.41. The Morgan fingerprint density at radius 1 is 1.09 bits per heavy atom. The van der Waals surface area contributed by atoms with Gasteiger partial charge in [-0.2, -0.15) is 15.6 Å². The molecule has 1 heterocycles. The number of nitriles is 2. The predicted octanol–water partition coefficient (Wildman–Crippen LogP) is 4.24. The maximum atomic E-state index is 9.49. The van der Waals surface area contributed by atoms with Gasteiger partial charge >= 0.3 is 0 Å². The number of rotatable bonds is 4. The minimum Gasteiger partial charge on any atom is -0.279 e. The standard InChI is InChI=1S/C19H25N3O/c1-17(2,13-21)11-14(12-20)23-22-18(3,4)15-9-7-8-10-16(15)19(22,5)6/h7-10,14H,11H2,1-6H3. The van der Waals surface area contributed by atoms with Crippen molar-refractivity contribution >= 4 is 0 Å². The second kappa shape index (κ2) is 5.64. The summed E-state index contributed by atoms with van der Waals surface area (Å²) in [5.41, 5.74) is 1.14. The van der Waals surface area contributed by atoms with E-state index in [1.165, 1.54) is 11.1 Å². The summed E-state index contributed by atoms with van der Waals surface area (Å²) in [5, 5.41) is 20.6. The minimum atomic E-state index is -0.655. The van der Waals surface area contributed by atoms with Gasteiger partial charge in [0.05, 0.1) is 28.6 Å². The molecule has 0 spiro atoms. The third kappa shape index (κ3) is 2.98. The fraction of sp³-hybridized carbons (Fsp3) is 0.579. The van der Waals surface area contributed by atoms with Crippen molar-refractivity contribution in [2.45, 2.75) is 65.1 Å². The predicted molar refractivity (Wildman–Crippen MR) is 88.8 cm³/mol. The van der Waals surface area contributed by atoms with Crippen molar-refractivity contribution in [3.05, 3.63) is 35.4 Å². The van der Waals surface area contributed by atoms with E-state index < -0.39 is 11.5 Å². The van der Waals surface area contributed by atoms with Crippen LogP contribution in [-0.2, 0) is 15.9 Å². The Morgan fingerprint density at radius 3 is 1.96 bits per heavy atom. The van der Waals surface area contributed by atoms with E-state index in [2.05, 4.69) is 52.0 Å². The molecule has 0 saturated heterocycles. The van der Waals surface area contributed by atoms with E-state index >= 15 is 0 Å². The van der Waals surface area contributed by atoms with Gasteiger partial charge < -0.3 is 0 Å². The molecule has 1 aliphatic heterocycles. The van der Waals surface area contributed by atoms with E-state index in [1.807, 2.05) is 31.0 Å². The largest absolute Gasteiger partial charge is 0.279 e. The van der Waals surface area contributed by atoms with Gasteiger partial charge in [-0.15, -0.1) is 0 Å². The molecule has 0 saturated carbocycles. The maximum Gasteiger partial charge on any atom is 0.167 e. The molecule has 122 valence electrons. The highest BCUT2D eigenvalue weighted by Crippen LogP contribution is 2.49. The second-order valence-electron chi connectivity index (χ2n) is 7.88. The van der Waals surface area contributed by atoms with Crippen molar-refractivity contribution in [1.82, 2.24) is 5.06 Å². The van der Waals surface area contributed by atoms with Gasteiger partial charge in [0.2, 0.25) is 0 Å². The Balaban J connectivity index is 2.34. The molecule has 0 amide bonds. The lowest BCUT2D eigenvalue weighted by Crippen LogP contribution is -2.47. The molecular weight excluding hydrogens is 286 g/mol. The van der Waals surface area contributed by atoms with Crippen LogP contribution in [0.25, 0.3) is 0 Å². The highest BCUT2D eigenvalue weighted by Gasteiger charge is 2.51. The number of benzene rings is 1. The topological polar surface area (TPSA) is 60.1 Å². The van der Waals surface area contributed by atoms with Gasteiger partial charge in [-0.25, -0.2) is 0 Å². The third-order valence-corrected chi connectivity index (χ3v) is 4.64. The zero-order valence-electron chi connectivity index (χ0n) is 14.8. The third-order valence-electron chi connectivity index (χ3n) is 4.64. The van der Waals surface area contributed by atoms with Gasteiger partial charge in [0.25, 0.3) is 0 Å². The number of nitrogens with zero attached hydrogens (tertiary/aromatic N) is 3. The van der Waals surface area contributed by atoms with Crippen LogP contribution in [0.3, 0.4) is 0 Å². The first kappa shape index (κ1) is 17.5. The molecule has 1 unspecified atom stereocenters. The van der Waals surface area contributed by atoms with E-state index in [-0.39, 0.29) is 11.1 Å². The molecule has 23 heavy (non-hydrogen) atoms. The fourth-order valence-corrected chi connectivity index (χ4v) is 3.47. The molecule has 0 fully saturated rings. The average Bonchev–Trinajstić information content (AvgIpc) is 2.64. The summed E-state index contributed by atoms with van der Waals surface area (Å²) >= 11 is 0. The van der Waals surface area contributed by atoms with Crippen molar-refractivity contribution in [2.75, 3.05) is 0 Å². The summed E-state index contributed by atoms with van der Waals surface area (Å²) in [4.78, 5) is 6.13. The second-order valence-corrected chi connectivity index (χ2v) is 7.88. The molecule has 4 nitrogen and oxygen atoms in total. The van der Waals surface area contributed by atoms with Crippen LogP contribution < -0.4 is 0 Å². The summed E-state index contributed by atoms with van der Waals surface area (Å²) in [6.07, 6.45) is -0.281. The Bertz CT molecular complexity index is 642. The molecule has 1 aromatic rings. The van der Waals surface area contributed by atoms with Crippen LogP contribution in [0, 0.1) is 28.1 Å². The van der Waals surface area contributed by atoms with E-state index in [4.69, 9.17) is 4.84 Å². The van der Waals surface area contributed by atoms with Crippen LogP contribution in [0.1, 0.15) is 59.1 Å². The smallest absolute Gasteiger partial charge is 0.167 e. The molecule has 0 radical (unpaired) electrons. The fourth-order valence-electron chi connectivity index (χ4n) is 3.47. The van der Waals surface area contributed by atoms with Gasteiger partial charge in [-0.05, 0) is 52.7 Å². The van der Waals surface area contributed by atoms with Crippen molar-refractivity contribution in [1.29, 1.82) is 10.5 Å². The van der Waals surface area contributed by atoms with Gasteiger partial charge in [-0.3, -0.25) is 4.84 Å². The molecule has 0 bridgehead atoms. The summed E-state index contributed by atoms with van der Waals surface area (Å²) in [6.45, 7) is 12.1. The molecule has 1 aliphatic rings. The average molecular weight is 311 g/mol. The van der Waals surface area contributed by atoms with Gasteiger partial charge in [0.15, 0.2) is 6.10 Å². The van der Waals surface area contributed by atoms with Crippen LogP contribution in [0.4, 0.5) is 0 Å². The summed E-state index contributed by atoms with van der Waals surface area (Å²) in [5.74, 6) is 0. The van der Waals surface area contributed by atoms with Crippen LogP contribution in [0.15, 0.2) is 24.3 Å². The number of hydrogen-bond donors (Lipinski definition) is 0. The monoisotopic (exact) mass is 311 g/mol. The lowest BCUT2D eigenvalue weighted by molar-refractivity contribution is -0.279. The number of fused-ring (bicyclic) bond motifs is 1. The molecule has 4 heteroatoms. The number of hydrogen-bond acceptors (Lipinski definition) is 4. The summed E-state index contributed by atoms with van der Waals surface area (Å²) in [6, 6.07) is 12.7. The van der Waals surface area contributed by atoms with Crippen molar-refractivity contribution in [2.24, 2.45) is 5.41 Å². The van der Waals surface area contributed by atoms with Gasteiger partial charge in [-0.1, -0.05) is 24.3 Å². The highest BCUT2D eigenvalue weighted by atomic mass is 16.7. The normalized spacial score (nSPS) is 20.3. The lowest BCUT2D eigenvalue weighted by atomic mass is 9.89. The van der Waals surface area contributed by atoms with Gasteiger partial charge in [0.1, 0.15) is 0 Å². The summed E-state index contributed by atoms with van der Waals surface area (Å²) in [7, 11) is 0. The highest BCUT2D eigenvalue weighted by molar-refractivity contribution is 5.42. The van der Waals surface area contributed by atoms with Crippen LogP contribution in [0.5, 0.6) is 0 Å². The van der Waals surface area contributed by atoms with E-state index in [0.29, 0.717) is 6.42 Å². The molecule has 0 aliphatic carbocycles. The first-order valence-corrected chi connectivity index (χ1v) is 7.94. The summed E-state index contributed by atoms with van der Waals surface area (Å²) < 4.78 is 0. The Kier molecular flexibility index (Phi) is 4.28. The molecule has 1 atom stereocenters. The van der Waals surface area contributed by atoms with Crippen molar-refractivity contribution in [3.8, 4) is 12.1 Å². The first-order valence-electron chi connectivity index (χ1n) is 7.94. The van der Waals surface area contributed by atoms with Crippen LogP contribution in [-0.4, -0.2) is 11.2 Å².